The lowest BCUT2D eigenvalue weighted by Gasteiger charge is -2.41. The number of para-hydroxylation sites is 1. The smallest absolute Gasteiger partial charge is 0.224 e. The molecule has 1 aliphatic carbocycles. The average Bonchev–Trinajstić information content (AvgIpc) is 3.47. The van der Waals surface area contributed by atoms with Gasteiger partial charge in [0.1, 0.15) is 0 Å². The molecule has 4 heteroatoms. The molecule has 4 rings (SSSR count). The third-order valence-corrected chi connectivity index (χ3v) is 5.24. The molecule has 1 amide bonds. The fourth-order valence-electron chi connectivity index (χ4n) is 3.92. The highest BCUT2D eigenvalue weighted by atomic mass is 16.2. The first-order valence-corrected chi connectivity index (χ1v) is 8.83. The Kier molecular flexibility index (Phi) is 3.93. The second-order valence-corrected chi connectivity index (χ2v) is 6.97. The van der Waals surface area contributed by atoms with Crippen LogP contribution in [-0.2, 0) is 4.79 Å². The van der Waals surface area contributed by atoms with Crippen LogP contribution >= 0.6 is 0 Å². The van der Waals surface area contributed by atoms with Gasteiger partial charge in [-0.2, -0.15) is 5.26 Å². The molecule has 0 unspecified atom stereocenters. The second-order valence-electron chi connectivity index (χ2n) is 6.97. The van der Waals surface area contributed by atoms with Crippen LogP contribution in [-0.4, -0.2) is 11.9 Å². The predicted molar refractivity (Wildman–Crippen MR) is 98.3 cm³/mol. The van der Waals surface area contributed by atoms with Crippen LogP contribution in [0.15, 0.2) is 48.5 Å². The Hall–Kier alpha value is -2.80. The lowest BCUT2D eigenvalue weighted by molar-refractivity contribution is -0.117. The lowest BCUT2D eigenvalue weighted by atomic mass is 9.88. The molecule has 1 fully saturated rings. The van der Waals surface area contributed by atoms with Crippen LogP contribution in [0, 0.1) is 17.2 Å². The van der Waals surface area contributed by atoms with Crippen molar-refractivity contribution in [2.45, 2.75) is 38.3 Å². The number of amides is 1. The number of carbonyl (C=O) groups excluding carboxylic acids is 1. The van der Waals surface area contributed by atoms with Gasteiger partial charge in [0.2, 0.25) is 5.91 Å². The first-order chi connectivity index (χ1) is 12.2. The van der Waals surface area contributed by atoms with E-state index in [2.05, 4.69) is 23.5 Å². The number of nitrogens with zero attached hydrogens (tertiary/aromatic N) is 2. The lowest BCUT2D eigenvalue weighted by Crippen LogP contribution is -2.46. The van der Waals surface area contributed by atoms with Crippen LogP contribution < -0.4 is 10.2 Å². The van der Waals surface area contributed by atoms with Crippen molar-refractivity contribution < 1.29 is 4.79 Å². The van der Waals surface area contributed by atoms with Gasteiger partial charge in [0.15, 0.2) is 0 Å². The zero-order chi connectivity index (χ0) is 17.4. The van der Waals surface area contributed by atoms with E-state index in [9.17, 15) is 4.79 Å². The number of anilines is 2. The maximum Gasteiger partial charge on any atom is 0.224 e. The third-order valence-electron chi connectivity index (χ3n) is 5.24. The summed E-state index contributed by atoms with van der Waals surface area (Å²) in [4.78, 5) is 14.3. The molecule has 1 heterocycles. The van der Waals surface area contributed by atoms with E-state index in [1.807, 2.05) is 41.3 Å². The maximum atomic E-state index is 12.3. The van der Waals surface area contributed by atoms with Crippen LogP contribution in [0.25, 0.3) is 0 Å². The molecule has 4 nitrogen and oxygen atoms in total. The molecule has 0 saturated heterocycles. The van der Waals surface area contributed by atoms with Crippen LogP contribution in [0.3, 0.4) is 0 Å². The number of hydrogen-bond donors (Lipinski definition) is 1. The van der Waals surface area contributed by atoms with Crippen molar-refractivity contribution in [3.8, 4) is 6.07 Å². The third kappa shape index (κ3) is 2.98. The van der Waals surface area contributed by atoms with Crippen molar-refractivity contribution in [2.75, 3.05) is 10.2 Å². The Bertz CT molecular complexity index is 833. The van der Waals surface area contributed by atoms with E-state index in [0.29, 0.717) is 11.5 Å². The number of nitrogens with one attached hydrogen (secondary N) is 1. The van der Waals surface area contributed by atoms with Crippen molar-refractivity contribution >= 4 is 17.3 Å². The molecule has 0 radical (unpaired) electrons. The Morgan fingerprint density at radius 2 is 1.88 bits per heavy atom. The minimum Gasteiger partial charge on any atom is -0.378 e. The van der Waals surface area contributed by atoms with Gasteiger partial charge in [-0.25, -0.2) is 0 Å². The van der Waals surface area contributed by atoms with Crippen LogP contribution in [0.2, 0.25) is 0 Å². The van der Waals surface area contributed by atoms with Gasteiger partial charge in [0.05, 0.1) is 17.7 Å². The van der Waals surface area contributed by atoms with Crippen molar-refractivity contribution in [3.63, 3.8) is 0 Å². The molecule has 0 bridgehead atoms. The SMILES string of the molecule is CC(=O)N1c2ccccc2[C@H](Nc2ccc(C#N)cc2)C[C@H]1C1CC1. The fourth-order valence-corrected chi connectivity index (χ4v) is 3.92. The van der Waals surface area contributed by atoms with Gasteiger partial charge in [-0.3, -0.25) is 4.79 Å². The monoisotopic (exact) mass is 331 g/mol. The van der Waals surface area contributed by atoms with Gasteiger partial charge < -0.3 is 10.2 Å². The van der Waals surface area contributed by atoms with Crippen LogP contribution in [0.4, 0.5) is 11.4 Å². The summed E-state index contributed by atoms with van der Waals surface area (Å²) in [5.74, 6) is 0.740. The number of nitriles is 1. The van der Waals surface area contributed by atoms with Crippen LogP contribution in [0.5, 0.6) is 0 Å². The summed E-state index contributed by atoms with van der Waals surface area (Å²) in [6, 6.07) is 18.3. The van der Waals surface area contributed by atoms with Gasteiger partial charge in [0, 0.05) is 24.3 Å². The molecule has 2 atom stereocenters. The summed E-state index contributed by atoms with van der Waals surface area (Å²) in [5.41, 5.74) is 3.86. The van der Waals surface area contributed by atoms with Crippen molar-refractivity contribution in [1.82, 2.24) is 0 Å². The molecule has 0 aromatic heterocycles. The minimum atomic E-state index is 0.126. The largest absolute Gasteiger partial charge is 0.378 e. The van der Waals surface area contributed by atoms with Gasteiger partial charge in [0.25, 0.3) is 0 Å². The molecule has 0 spiro atoms. The van der Waals surface area contributed by atoms with Crippen molar-refractivity contribution in [3.05, 3.63) is 59.7 Å². The number of rotatable bonds is 3. The molecule has 2 aromatic rings. The molecular weight excluding hydrogens is 310 g/mol. The summed E-state index contributed by atoms with van der Waals surface area (Å²) in [7, 11) is 0. The first-order valence-electron chi connectivity index (χ1n) is 8.83. The van der Waals surface area contributed by atoms with E-state index in [0.717, 1.165) is 17.8 Å². The molecule has 126 valence electrons. The Labute approximate surface area is 148 Å². The Morgan fingerprint density at radius 1 is 1.16 bits per heavy atom. The topological polar surface area (TPSA) is 56.1 Å². The number of carbonyl (C=O) groups is 1. The van der Waals surface area contributed by atoms with E-state index < -0.39 is 0 Å². The second kappa shape index (κ2) is 6.25. The molecular formula is C21H21N3O. The van der Waals surface area contributed by atoms with Crippen molar-refractivity contribution in [1.29, 1.82) is 5.26 Å². The zero-order valence-electron chi connectivity index (χ0n) is 14.3. The minimum absolute atomic E-state index is 0.126. The number of fused-ring (bicyclic) bond motifs is 1. The summed E-state index contributed by atoms with van der Waals surface area (Å²) in [5, 5.41) is 12.6. The van der Waals surface area contributed by atoms with Gasteiger partial charge >= 0.3 is 0 Å². The fraction of sp³-hybridized carbons (Fsp3) is 0.333. The summed E-state index contributed by atoms with van der Waals surface area (Å²) in [6.45, 7) is 1.67. The molecule has 1 N–H and O–H groups in total. The molecule has 2 aromatic carbocycles. The molecule has 25 heavy (non-hydrogen) atoms. The Balaban J connectivity index is 1.68. The van der Waals surface area contributed by atoms with Crippen LogP contribution in [0.1, 0.15) is 43.4 Å². The van der Waals surface area contributed by atoms with E-state index in [-0.39, 0.29) is 18.0 Å². The summed E-state index contributed by atoms with van der Waals surface area (Å²) < 4.78 is 0. The van der Waals surface area contributed by atoms with E-state index in [4.69, 9.17) is 5.26 Å². The van der Waals surface area contributed by atoms with Gasteiger partial charge in [-0.15, -0.1) is 0 Å². The maximum absolute atomic E-state index is 12.3. The molecule has 1 saturated carbocycles. The predicted octanol–water partition coefficient (Wildman–Crippen LogP) is 4.25. The highest BCUT2D eigenvalue weighted by molar-refractivity contribution is 5.94. The standard InChI is InChI=1S/C21H21N3O/c1-14(25)24-20-5-3-2-4-18(20)19(12-21(24)16-8-9-16)23-17-10-6-15(13-22)7-11-17/h2-7,10-11,16,19,21,23H,8-9,12H2,1H3/t19-,21+/m1/s1. The average molecular weight is 331 g/mol. The first kappa shape index (κ1) is 15.7. The normalized spacial score (nSPS) is 22.0. The number of hydrogen-bond acceptors (Lipinski definition) is 3. The van der Waals surface area contributed by atoms with E-state index in [1.54, 1.807) is 6.92 Å². The van der Waals surface area contributed by atoms with E-state index >= 15 is 0 Å². The zero-order valence-corrected chi connectivity index (χ0v) is 14.3. The summed E-state index contributed by atoms with van der Waals surface area (Å²) >= 11 is 0. The molecule has 2 aliphatic rings. The van der Waals surface area contributed by atoms with Gasteiger partial charge in [-0.05, 0) is 61.1 Å². The molecule has 1 aliphatic heterocycles. The highest BCUT2D eigenvalue weighted by Crippen LogP contribution is 2.47. The van der Waals surface area contributed by atoms with Crippen molar-refractivity contribution in [2.24, 2.45) is 5.92 Å². The number of benzene rings is 2. The summed E-state index contributed by atoms with van der Waals surface area (Å²) in [6.07, 6.45) is 3.33. The van der Waals surface area contributed by atoms with Gasteiger partial charge in [-0.1, -0.05) is 18.2 Å². The quantitative estimate of drug-likeness (QED) is 0.915. The van der Waals surface area contributed by atoms with E-state index in [1.165, 1.54) is 18.4 Å². The Morgan fingerprint density at radius 3 is 2.52 bits per heavy atom. The highest BCUT2D eigenvalue weighted by Gasteiger charge is 2.42.